The van der Waals surface area contributed by atoms with Crippen molar-refractivity contribution >= 4 is 5.95 Å². The van der Waals surface area contributed by atoms with Gasteiger partial charge in [-0.05, 0) is 31.0 Å². The Bertz CT molecular complexity index is 524. The minimum atomic E-state index is -0.203. The Kier molecular flexibility index (Phi) is 5.12. The Balaban J connectivity index is 1.88. The van der Waals surface area contributed by atoms with Gasteiger partial charge in [0.2, 0.25) is 5.95 Å². The van der Waals surface area contributed by atoms with E-state index < -0.39 is 0 Å². The Morgan fingerprint density at radius 1 is 1.35 bits per heavy atom. The highest BCUT2D eigenvalue weighted by Crippen LogP contribution is 2.13. The number of benzene rings is 1. The maximum absolute atomic E-state index is 12.8. The summed E-state index contributed by atoms with van der Waals surface area (Å²) in [6.45, 7) is 3.47. The zero-order valence-electron chi connectivity index (χ0n) is 11.8. The maximum atomic E-state index is 12.8. The summed E-state index contributed by atoms with van der Waals surface area (Å²) in [5, 5.41) is 3.30. The first kappa shape index (κ1) is 14.5. The molecule has 1 heterocycles. The fraction of sp³-hybridized carbons (Fsp3) is 0.400. The molecule has 1 N–H and O–H groups in total. The number of halogens is 1. The largest absolute Gasteiger partial charge is 0.383 e. The highest BCUT2D eigenvalue weighted by molar-refractivity contribution is 5.27. The molecule has 0 saturated heterocycles. The number of nitrogens with zero attached hydrogens (tertiary/aromatic N) is 2. The summed E-state index contributed by atoms with van der Waals surface area (Å²) in [6.07, 6.45) is 4.53. The molecule has 1 aromatic carbocycles. The molecular formula is C15H20FN3O. The quantitative estimate of drug-likeness (QED) is 0.846. The molecule has 0 bridgehead atoms. The molecule has 0 aliphatic rings. The predicted octanol–water partition coefficient (Wildman–Crippen LogP) is 2.88. The van der Waals surface area contributed by atoms with Crippen LogP contribution < -0.4 is 5.32 Å². The first-order valence-electron chi connectivity index (χ1n) is 6.71. The van der Waals surface area contributed by atoms with Crippen molar-refractivity contribution in [2.75, 3.05) is 25.6 Å². The number of hydrogen-bond acceptors (Lipinski definition) is 3. The van der Waals surface area contributed by atoms with E-state index in [4.69, 9.17) is 4.74 Å². The van der Waals surface area contributed by atoms with Crippen LogP contribution in [0.3, 0.4) is 0 Å². The molecule has 0 aliphatic carbocycles. The summed E-state index contributed by atoms with van der Waals surface area (Å²) in [4.78, 5) is 4.30. The fourth-order valence-electron chi connectivity index (χ4n) is 2.10. The molecular weight excluding hydrogens is 257 g/mol. The number of aromatic nitrogens is 2. The molecule has 0 saturated carbocycles. The van der Waals surface area contributed by atoms with E-state index in [9.17, 15) is 4.39 Å². The Morgan fingerprint density at radius 2 is 2.10 bits per heavy atom. The summed E-state index contributed by atoms with van der Waals surface area (Å²) in [7, 11) is 1.69. The monoisotopic (exact) mass is 277 g/mol. The lowest BCUT2D eigenvalue weighted by Crippen LogP contribution is -2.15. The molecule has 0 spiro atoms. The average Bonchev–Trinajstić information content (AvgIpc) is 2.90. The number of imidazole rings is 1. The fourth-order valence-corrected chi connectivity index (χ4v) is 2.10. The van der Waals surface area contributed by atoms with Gasteiger partial charge in [-0.2, -0.15) is 0 Å². The van der Waals surface area contributed by atoms with Crippen LogP contribution in [0.25, 0.3) is 0 Å². The maximum Gasteiger partial charge on any atom is 0.203 e. The van der Waals surface area contributed by atoms with Crippen LogP contribution in [-0.4, -0.2) is 29.8 Å². The van der Waals surface area contributed by atoms with Gasteiger partial charge in [-0.1, -0.05) is 12.1 Å². The minimum absolute atomic E-state index is 0.203. The summed E-state index contributed by atoms with van der Waals surface area (Å²) < 4.78 is 20.0. The SMILES string of the molecule is COCC(C)n1ccnc1NCCc1ccc(F)cc1. The van der Waals surface area contributed by atoms with Gasteiger partial charge >= 0.3 is 0 Å². The third kappa shape index (κ3) is 3.81. The molecule has 0 aliphatic heterocycles. The van der Waals surface area contributed by atoms with Gasteiger partial charge in [0.25, 0.3) is 0 Å². The lowest BCUT2D eigenvalue weighted by Gasteiger charge is -2.16. The van der Waals surface area contributed by atoms with Crippen molar-refractivity contribution in [3.8, 4) is 0 Å². The topological polar surface area (TPSA) is 39.1 Å². The van der Waals surface area contributed by atoms with Crippen LogP contribution in [0.2, 0.25) is 0 Å². The summed E-state index contributed by atoms with van der Waals surface area (Å²) >= 11 is 0. The summed E-state index contributed by atoms with van der Waals surface area (Å²) in [5.74, 6) is 0.627. The molecule has 1 aromatic heterocycles. The summed E-state index contributed by atoms with van der Waals surface area (Å²) in [5.41, 5.74) is 1.10. The zero-order valence-corrected chi connectivity index (χ0v) is 11.8. The van der Waals surface area contributed by atoms with E-state index in [0.717, 1.165) is 24.5 Å². The van der Waals surface area contributed by atoms with E-state index in [-0.39, 0.29) is 11.9 Å². The summed E-state index contributed by atoms with van der Waals surface area (Å²) in [6, 6.07) is 6.80. The molecule has 1 atom stereocenters. The van der Waals surface area contributed by atoms with E-state index in [0.29, 0.717) is 6.61 Å². The van der Waals surface area contributed by atoms with E-state index >= 15 is 0 Å². The lowest BCUT2D eigenvalue weighted by atomic mass is 10.1. The first-order valence-corrected chi connectivity index (χ1v) is 6.71. The van der Waals surface area contributed by atoms with Crippen LogP contribution in [-0.2, 0) is 11.2 Å². The van der Waals surface area contributed by atoms with Crippen LogP contribution in [0, 0.1) is 5.82 Å². The van der Waals surface area contributed by atoms with Gasteiger partial charge in [0, 0.05) is 26.0 Å². The van der Waals surface area contributed by atoms with Crippen molar-refractivity contribution < 1.29 is 9.13 Å². The third-order valence-electron chi connectivity index (χ3n) is 3.16. The number of methoxy groups -OCH3 is 1. The number of nitrogens with one attached hydrogen (secondary N) is 1. The Hall–Kier alpha value is -1.88. The van der Waals surface area contributed by atoms with Gasteiger partial charge < -0.3 is 14.6 Å². The molecule has 0 fully saturated rings. The van der Waals surface area contributed by atoms with Gasteiger partial charge in [-0.3, -0.25) is 0 Å². The van der Waals surface area contributed by atoms with Crippen LogP contribution >= 0.6 is 0 Å². The van der Waals surface area contributed by atoms with E-state index in [2.05, 4.69) is 17.2 Å². The van der Waals surface area contributed by atoms with E-state index in [1.807, 2.05) is 10.8 Å². The van der Waals surface area contributed by atoms with Crippen LogP contribution in [0.15, 0.2) is 36.7 Å². The van der Waals surface area contributed by atoms with Crippen molar-refractivity contribution in [1.82, 2.24) is 9.55 Å². The lowest BCUT2D eigenvalue weighted by molar-refractivity contribution is 0.163. The number of hydrogen-bond donors (Lipinski definition) is 1. The highest BCUT2D eigenvalue weighted by atomic mass is 19.1. The number of rotatable bonds is 7. The van der Waals surface area contributed by atoms with Gasteiger partial charge in [-0.25, -0.2) is 9.37 Å². The normalized spacial score (nSPS) is 12.3. The Labute approximate surface area is 118 Å². The molecule has 1 unspecified atom stereocenters. The highest BCUT2D eigenvalue weighted by Gasteiger charge is 2.09. The van der Waals surface area contributed by atoms with Crippen molar-refractivity contribution in [2.24, 2.45) is 0 Å². The van der Waals surface area contributed by atoms with Crippen LogP contribution in [0.5, 0.6) is 0 Å². The van der Waals surface area contributed by atoms with Crippen LogP contribution in [0.1, 0.15) is 18.5 Å². The number of anilines is 1. The molecule has 4 nitrogen and oxygen atoms in total. The predicted molar refractivity (Wildman–Crippen MR) is 77.4 cm³/mol. The molecule has 2 aromatic rings. The smallest absolute Gasteiger partial charge is 0.203 e. The van der Waals surface area contributed by atoms with Crippen molar-refractivity contribution in [3.63, 3.8) is 0 Å². The standard InChI is InChI=1S/C15H20FN3O/c1-12(11-20-2)19-10-9-18-15(19)17-8-7-13-3-5-14(16)6-4-13/h3-6,9-10,12H,7-8,11H2,1-2H3,(H,17,18). The van der Waals surface area contributed by atoms with Crippen molar-refractivity contribution in [2.45, 2.75) is 19.4 Å². The first-order chi connectivity index (χ1) is 9.70. The average molecular weight is 277 g/mol. The second-order valence-electron chi connectivity index (χ2n) is 4.77. The minimum Gasteiger partial charge on any atom is -0.383 e. The second kappa shape index (κ2) is 7.05. The van der Waals surface area contributed by atoms with Crippen LogP contribution in [0.4, 0.5) is 10.3 Å². The molecule has 0 amide bonds. The van der Waals surface area contributed by atoms with Gasteiger partial charge in [0.1, 0.15) is 5.82 Å². The van der Waals surface area contributed by atoms with Gasteiger partial charge in [0.05, 0.1) is 12.6 Å². The van der Waals surface area contributed by atoms with Crippen molar-refractivity contribution in [3.05, 3.63) is 48.0 Å². The third-order valence-corrected chi connectivity index (χ3v) is 3.16. The zero-order chi connectivity index (χ0) is 14.4. The molecule has 2 rings (SSSR count). The second-order valence-corrected chi connectivity index (χ2v) is 4.77. The molecule has 5 heteroatoms. The van der Waals surface area contributed by atoms with Gasteiger partial charge in [-0.15, -0.1) is 0 Å². The van der Waals surface area contributed by atoms with Gasteiger partial charge in [0.15, 0.2) is 0 Å². The molecule has 20 heavy (non-hydrogen) atoms. The Morgan fingerprint density at radius 3 is 2.80 bits per heavy atom. The molecule has 108 valence electrons. The van der Waals surface area contributed by atoms with E-state index in [1.54, 1.807) is 25.4 Å². The van der Waals surface area contributed by atoms with E-state index in [1.165, 1.54) is 12.1 Å². The number of ether oxygens (including phenoxy) is 1. The molecule has 0 radical (unpaired) electrons. The van der Waals surface area contributed by atoms with Crippen molar-refractivity contribution in [1.29, 1.82) is 0 Å².